The monoisotopic (exact) mass is 335 g/mol. The Bertz CT molecular complexity index is 825. The molecule has 2 rings (SSSR count). The van der Waals surface area contributed by atoms with Crippen molar-refractivity contribution in [2.45, 2.75) is 27.7 Å². The Morgan fingerprint density at radius 2 is 1.64 bits per heavy atom. The maximum absolute atomic E-state index is 12.5. The zero-order chi connectivity index (χ0) is 18.6. The van der Waals surface area contributed by atoms with Gasteiger partial charge in [-0.15, -0.1) is 0 Å². The highest BCUT2D eigenvalue weighted by atomic mass is 16.2. The van der Waals surface area contributed by atoms with Crippen LogP contribution in [0.4, 0.5) is 11.4 Å². The molecule has 0 saturated carbocycles. The zero-order valence-corrected chi connectivity index (χ0v) is 14.9. The largest absolute Gasteiger partial charge is 0.324 e. The number of hydrogen-bond acceptors (Lipinski definition) is 3. The van der Waals surface area contributed by atoms with Gasteiger partial charge in [-0.3, -0.25) is 9.59 Å². The van der Waals surface area contributed by atoms with Crippen molar-refractivity contribution in [3.63, 3.8) is 0 Å². The number of nitrogens with one attached hydrogen (secondary N) is 1. The number of carbonyl (C=O) groups is 2. The number of nitriles is 1. The van der Waals surface area contributed by atoms with Gasteiger partial charge < -0.3 is 10.2 Å². The molecule has 0 aliphatic heterocycles. The highest BCUT2D eigenvalue weighted by Gasteiger charge is 2.17. The Kier molecular flexibility index (Phi) is 5.56. The molecule has 5 heteroatoms. The maximum Gasteiger partial charge on any atom is 0.244 e. The minimum Gasteiger partial charge on any atom is -0.324 e. The van der Waals surface area contributed by atoms with Gasteiger partial charge in [-0.2, -0.15) is 5.26 Å². The first-order valence-corrected chi connectivity index (χ1v) is 7.97. The Morgan fingerprint density at radius 3 is 2.12 bits per heavy atom. The van der Waals surface area contributed by atoms with Gasteiger partial charge in [0.15, 0.2) is 0 Å². The summed E-state index contributed by atoms with van der Waals surface area (Å²) in [5.74, 6) is -0.508. The van der Waals surface area contributed by atoms with E-state index in [2.05, 4.69) is 5.32 Å². The van der Waals surface area contributed by atoms with Crippen LogP contribution in [0.2, 0.25) is 0 Å². The summed E-state index contributed by atoms with van der Waals surface area (Å²) in [4.78, 5) is 25.8. The van der Waals surface area contributed by atoms with Crippen molar-refractivity contribution in [3.8, 4) is 6.07 Å². The average Bonchev–Trinajstić information content (AvgIpc) is 2.56. The van der Waals surface area contributed by atoms with E-state index in [1.54, 1.807) is 24.3 Å². The lowest BCUT2D eigenvalue weighted by atomic mass is 10.1. The molecule has 25 heavy (non-hydrogen) atoms. The van der Waals surface area contributed by atoms with E-state index in [-0.39, 0.29) is 18.4 Å². The molecule has 0 aromatic heterocycles. The first-order chi connectivity index (χ1) is 11.8. The van der Waals surface area contributed by atoms with Crippen LogP contribution in [0.15, 0.2) is 36.4 Å². The van der Waals surface area contributed by atoms with Crippen molar-refractivity contribution >= 4 is 23.2 Å². The van der Waals surface area contributed by atoms with E-state index in [0.717, 1.165) is 22.4 Å². The number of benzene rings is 2. The predicted octanol–water partition coefficient (Wildman–Crippen LogP) is 3.48. The summed E-state index contributed by atoms with van der Waals surface area (Å²) >= 11 is 0. The van der Waals surface area contributed by atoms with Crippen LogP contribution in [-0.2, 0) is 9.59 Å². The third-order valence-electron chi connectivity index (χ3n) is 3.93. The molecule has 0 unspecified atom stereocenters. The van der Waals surface area contributed by atoms with Crippen LogP contribution in [0.1, 0.15) is 29.2 Å². The van der Waals surface area contributed by atoms with Crippen LogP contribution in [0, 0.1) is 32.1 Å². The summed E-state index contributed by atoms with van der Waals surface area (Å²) in [7, 11) is 0. The van der Waals surface area contributed by atoms with E-state index >= 15 is 0 Å². The lowest BCUT2D eigenvalue weighted by Crippen LogP contribution is -2.36. The zero-order valence-electron chi connectivity index (χ0n) is 14.9. The lowest BCUT2D eigenvalue weighted by Gasteiger charge is -2.21. The van der Waals surface area contributed by atoms with E-state index in [9.17, 15) is 9.59 Å². The Balaban J connectivity index is 2.18. The van der Waals surface area contributed by atoms with Gasteiger partial charge in [0.05, 0.1) is 11.6 Å². The molecule has 0 spiro atoms. The molecule has 2 aromatic carbocycles. The van der Waals surface area contributed by atoms with Crippen LogP contribution in [0.5, 0.6) is 0 Å². The van der Waals surface area contributed by atoms with Gasteiger partial charge >= 0.3 is 0 Å². The van der Waals surface area contributed by atoms with E-state index < -0.39 is 0 Å². The van der Waals surface area contributed by atoms with E-state index in [0.29, 0.717) is 11.3 Å². The molecular formula is C20H21N3O2. The van der Waals surface area contributed by atoms with Crippen LogP contribution in [0.25, 0.3) is 0 Å². The number of carbonyl (C=O) groups excluding carboxylic acids is 2. The summed E-state index contributed by atoms with van der Waals surface area (Å²) in [6, 6.07) is 12.6. The average molecular weight is 335 g/mol. The normalized spacial score (nSPS) is 10.0. The van der Waals surface area contributed by atoms with Gasteiger partial charge in [-0.05, 0) is 56.2 Å². The summed E-state index contributed by atoms with van der Waals surface area (Å²) < 4.78 is 0. The first-order valence-electron chi connectivity index (χ1n) is 7.97. The molecule has 2 aromatic rings. The molecule has 0 aliphatic carbocycles. The van der Waals surface area contributed by atoms with Gasteiger partial charge in [0, 0.05) is 18.3 Å². The summed E-state index contributed by atoms with van der Waals surface area (Å²) in [6.45, 7) is 7.22. The fraction of sp³-hybridized carbons (Fsp3) is 0.250. The number of anilines is 2. The maximum atomic E-state index is 12.5. The minimum absolute atomic E-state index is 0.0893. The molecule has 0 fully saturated rings. The second kappa shape index (κ2) is 7.63. The van der Waals surface area contributed by atoms with Gasteiger partial charge in [0.1, 0.15) is 6.54 Å². The highest BCUT2D eigenvalue weighted by Crippen LogP contribution is 2.22. The summed E-state index contributed by atoms with van der Waals surface area (Å²) in [5.41, 5.74) is 4.97. The van der Waals surface area contributed by atoms with Gasteiger partial charge in [-0.25, -0.2) is 0 Å². The smallest absolute Gasteiger partial charge is 0.244 e. The second-order valence-corrected chi connectivity index (χ2v) is 6.09. The Hall–Kier alpha value is -3.13. The number of aryl methyl sites for hydroxylation is 3. The third kappa shape index (κ3) is 4.45. The first kappa shape index (κ1) is 18.2. The molecule has 0 aliphatic rings. The highest BCUT2D eigenvalue weighted by molar-refractivity contribution is 6.02. The molecule has 0 radical (unpaired) electrons. The van der Waals surface area contributed by atoms with Crippen molar-refractivity contribution in [3.05, 3.63) is 58.7 Å². The number of hydrogen-bond donors (Lipinski definition) is 1. The van der Waals surface area contributed by atoms with Crippen LogP contribution in [0.3, 0.4) is 0 Å². The fourth-order valence-electron chi connectivity index (χ4n) is 2.80. The number of rotatable bonds is 4. The van der Waals surface area contributed by atoms with Gasteiger partial charge in [0.25, 0.3) is 0 Å². The van der Waals surface area contributed by atoms with E-state index in [1.807, 2.05) is 39.0 Å². The minimum atomic E-state index is -0.269. The standard InChI is InChI=1S/C20H21N3O2/c1-13-9-14(2)20(15(3)10-13)22-19(25)12-23(16(4)24)18-7-5-17(11-21)6-8-18/h5-10H,12H2,1-4H3,(H,22,25). The Morgan fingerprint density at radius 1 is 1.08 bits per heavy atom. The quantitative estimate of drug-likeness (QED) is 0.929. The molecular weight excluding hydrogens is 314 g/mol. The summed E-state index contributed by atoms with van der Waals surface area (Å²) in [5, 5.41) is 11.8. The molecule has 0 bridgehead atoms. The SMILES string of the molecule is CC(=O)N(CC(=O)Nc1c(C)cc(C)cc1C)c1ccc(C#N)cc1. The molecule has 1 N–H and O–H groups in total. The van der Waals surface area contributed by atoms with E-state index in [1.165, 1.54) is 11.8 Å². The molecule has 0 saturated heterocycles. The van der Waals surface area contributed by atoms with Crippen LogP contribution in [-0.4, -0.2) is 18.4 Å². The molecule has 2 amide bonds. The van der Waals surface area contributed by atoms with Crippen molar-refractivity contribution < 1.29 is 9.59 Å². The molecule has 0 atom stereocenters. The topological polar surface area (TPSA) is 73.2 Å². The second-order valence-electron chi connectivity index (χ2n) is 6.09. The predicted molar refractivity (Wildman–Crippen MR) is 98.5 cm³/mol. The lowest BCUT2D eigenvalue weighted by molar-refractivity contribution is -0.120. The fourth-order valence-corrected chi connectivity index (χ4v) is 2.80. The van der Waals surface area contributed by atoms with Crippen molar-refractivity contribution in [1.82, 2.24) is 0 Å². The summed E-state index contributed by atoms with van der Waals surface area (Å²) in [6.07, 6.45) is 0. The van der Waals surface area contributed by atoms with Crippen molar-refractivity contribution in [2.75, 3.05) is 16.8 Å². The third-order valence-corrected chi connectivity index (χ3v) is 3.93. The van der Waals surface area contributed by atoms with Gasteiger partial charge in [-0.1, -0.05) is 17.7 Å². The van der Waals surface area contributed by atoms with Crippen LogP contribution >= 0.6 is 0 Å². The molecule has 128 valence electrons. The van der Waals surface area contributed by atoms with E-state index in [4.69, 9.17) is 5.26 Å². The molecule has 0 heterocycles. The van der Waals surface area contributed by atoms with Crippen LogP contribution < -0.4 is 10.2 Å². The van der Waals surface area contributed by atoms with Crippen molar-refractivity contribution in [2.24, 2.45) is 0 Å². The number of amides is 2. The number of nitrogens with zero attached hydrogens (tertiary/aromatic N) is 2. The molecule has 5 nitrogen and oxygen atoms in total. The Labute approximate surface area is 147 Å². The van der Waals surface area contributed by atoms with Gasteiger partial charge in [0.2, 0.25) is 11.8 Å². The van der Waals surface area contributed by atoms with Crippen molar-refractivity contribution in [1.29, 1.82) is 5.26 Å².